The van der Waals surface area contributed by atoms with Gasteiger partial charge in [-0.05, 0) is 69.9 Å². The minimum atomic E-state index is -0.274. The maximum absolute atomic E-state index is 13.0. The molecule has 1 heterocycles. The first kappa shape index (κ1) is 22.7. The van der Waals surface area contributed by atoms with E-state index < -0.39 is 0 Å². The molecule has 0 radical (unpaired) electrons. The van der Waals surface area contributed by atoms with E-state index in [1.165, 1.54) is 29.5 Å². The van der Waals surface area contributed by atoms with Crippen molar-refractivity contribution in [2.24, 2.45) is 0 Å². The first-order valence-corrected chi connectivity index (χ1v) is 11.9. The number of carbonyl (C=O) groups excluding carboxylic acids is 1. The quantitative estimate of drug-likeness (QED) is 0.258. The number of halogens is 2. The molecule has 1 saturated heterocycles. The molecular formula is C25H19BrFNO2S2. The van der Waals surface area contributed by atoms with Gasteiger partial charge in [-0.25, -0.2) is 4.39 Å². The molecule has 0 saturated carbocycles. The Balaban J connectivity index is 1.44. The minimum Gasteiger partial charge on any atom is -0.488 e. The van der Waals surface area contributed by atoms with Crippen molar-refractivity contribution in [2.45, 2.75) is 20.1 Å². The molecule has 3 nitrogen and oxygen atoms in total. The maximum Gasteiger partial charge on any atom is 0.266 e. The van der Waals surface area contributed by atoms with Gasteiger partial charge in [0, 0.05) is 0 Å². The van der Waals surface area contributed by atoms with E-state index in [9.17, 15) is 9.18 Å². The third-order valence-electron chi connectivity index (χ3n) is 4.90. The summed E-state index contributed by atoms with van der Waals surface area (Å²) in [5, 5.41) is 0. The summed E-state index contributed by atoms with van der Waals surface area (Å²) in [5.41, 5.74) is 3.95. The predicted molar refractivity (Wildman–Crippen MR) is 135 cm³/mol. The van der Waals surface area contributed by atoms with Crippen LogP contribution in [0.3, 0.4) is 0 Å². The summed E-state index contributed by atoms with van der Waals surface area (Å²) < 4.78 is 20.2. The maximum atomic E-state index is 13.0. The number of aryl methyl sites for hydroxylation is 1. The summed E-state index contributed by atoms with van der Waals surface area (Å²) in [6.07, 6.45) is 1.84. The van der Waals surface area contributed by atoms with Crippen molar-refractivity contribution < 1.29 is 13.9 Å². The SMILES string of the molecule is Cc1ccc(CN2C(=O)C(=Cc3ccc(OCc4ccc(F)cc4)c(Br)c3)SC2=S)cc1. The number of hydrogen-bond donors (Lipinski definition) is 0. The van der Waals surface area contributed by atoms with Gasteiger partial charge in [-0.2, -0.15) is 0 Å². The van der Waals surface area contributed by atoms with E-state index in [1.807, 2.05) is 55.5 Å². The lowest BCUT2D eigenvalue weighted by Gasteiger charge is -2.14. The number of rotatable bonds is 6. The standard InChI is InChI=1S/C25H19BrFNO2S2/c1-16-2-4-17(5-3-16)14-28-24(29)23(32-25(28)31)13-19-8-11-22(21(26)12-19)30-15-18-6-9-20(27)10-7-18/h2-13H,14-15H2,1H3. The first-order chi connectivity index (χ1) is 15.4. The highest BCUT2D eigenvalue weighted by molar-refractivity contribution is 9.10. The Morgan fingerprint density at radius 2 is 1.75 bits per heavy atom. The average molecular weight is 528 g/mol. The Labute approximate surface area is 204 Å². The Bertz CT molecular complexity index is 1190. The molecule has 3 aromatic carbocycles. The van der Waals surface area contributed by atoms with E-state index in [4.69, 9.17) is 17.0 Å². The molecule has 1 amide bonds. The van der Waals surface area contributed by atoms with Gasteiger partial charge in [-0.15, -0.1) is 0 Å². The number of thioether (sulfide) groups is 1. The third kappa shape index (κ3) is 5.46. The van der Waals surface area contributed by atoms with Crippen molar-refractivity contribution in [1.82, 2.24) is 4.90 Å². The number of amides is 1. The lowest BCUT2D eigenvalue weighted by atomic mass is 10.1. The van der Waals surface area contributed by atoms with Gasteiger partial charge in [0.15, 0.2) is 0 Å². The smallest absolute Gasteiger partial charge is 0.266 e. The fraction of sp³-hybridized carbons (Fsp3) is 0.120. The summed E-state index contributed by atoms with van der Waals surface area (Å²) in [6, 6.07) is 19.9. The van der Waals surface area contributed by atoms with Gasteiger partial charge >= 0.3 is 0 Å². The first-order valence-electron chi connectivity index (χ1n) is 9.87. The average Bonchev–Trinajstić information content (AvgIpc) is 3.03. The summed E-state index contributed by atoms with van der Waals surface area (Å²) in [6.45, 7) is 2.82. The lowest BCUT2D eigenvalue weighted by Crippen LogP contribution is -2.27. The number of ether oxygens (including phenoxy) is 1. The Morgan fingerprint density at radius 1 is 1.06 bits per heavy atom. The van der Waals surface area contributed by atoms with E-state index in [0.717, 1.165) is 21.2 Å². The molecule has 0 aromatic heterocycles. The normalized spacial score (nSPS) is 15.0. The minimum absolute atomic E-state index is 0.0895. The number of nitrogens with zero attached hydrogens (tertiary/aromatic N) is 1. The van der Waals surface area contributed by atoms with Crippen molar-refractivity contribution in [3.8, 4) is 5.75 Å². The second-order valence-electron chi connectivity index (χ2n) is 7.36. The molecule has 0 spiro atoms. The Kier molecular flexibility index (Phi) is 7.08. The van der Waals surface area contributed by atoms with Crippen LogP contribution in [-0.4, -0.2) is 15.1 Å². The van der Waals surface area contributed by atoms with Crippen LogP contribution in [0.25, 0.3) is 6.08 Å². The molecule has 3 aromatic rings. The molecule has 1 aliphatic heterocycles. The summed E-state index contributed by atoms with van der Waals surface area (Å²) in [7, 11) is 0. The van der Waals surface area contributed by atoms with Gasteiger partial charge in [0.25, 0.3) is 5.91 Å². The zero-order valence-electron chi connectivity index (χ0n) is 17.2. The molecule has 7 heteroatoms. The second-order valence-corrected chi connectivity index (χ2v) is 9.89. The topological polar surface area (TPSA) is 29.5 Å². The van der Waals surface area contributed by atoms with Gasteiger partial charge < -0.3 is 4.74 Å². The highest BCUT2D eigenvalue weighted by Gasteiger charge is 2.32. The number of carbonyl (C=O) groups is 1. The van der Waals surface area contributed by atoms with Crippen LogP contribution in [0.4, 0.5) is 4.39 Å². The molecule has 162 valence electrons. The fourth-order valence-electron chi connectivity index (χ4n) is 3.13. The van der Waals surface area contributed by atoms with Gasteiger partial charge in [0.05, 0.1) is 15.9 Å². The van der Waals surface area contributed by atoms with Crippen LogP contribution >= 0.6 is 39.9 Å². The molecule has 0 bridgehead atoms. The number of hydrogen-bond acceptors (Lipinski definition) is 4. The van der Waals surface area contributed by atoms with Crippen LogP contribution < -0.4 is 4.74 Å². The van der Waals surface area contributed by atoms with Gasteiger partial charge in [0.1, 0.15) is 22.5 Å². The largest absolute Gasteiger partial charge is 0.488 e. The Hall–Kier alpha value is -2.48. The fourth-order valence-corrected chi connectivity index (χ4v) is 4.90. The monoisotopic (exact) mass is 527 g/mol. The van der Waals surface area contributed by atoms with E-state index in [1.54, 1.807) is 17.0 Å². The van der Waals surface area contributed by atoms with Crippen LogP contribution in [0.2, 0.25) is 0 Å². The van der Waals surface area contributed by atoms with Gasteiger partial charge in [-0.3, -0.25) is 9.69 Å². The van der Waals surface area contributed by atoms with Gasteiger partial charge in [-0.1, -0.05) is 72.0 Å². The second kappa shape index (κ2) is 9.98. The Morgan fingerprint density at radius 3 is 2.44 bits per heavy atom. The van der Waals surface area contributed by atoms with Gasteiger partial charge in [0.2, 0.25) is 0 Å². The van der Waals surface area contributed by atoms with Crippen molar-refractivity contribution in [1.29, 1.82) is 0 Å². The zero-order valence-corrected chi connectivity index (χ0v) is 20.4. The van der Waals surface area contributed by atoms with Crippen molar-refractivity contribution in [3.05, 3.63) is 104 Å². The molecule has 0 unspecified atom stereocenters. The molecule has 4 rings (SSSR count). The summed E-state index contributed by atoms with van der Waals surface area (Å²) in [4.78, 5) is 15.1. The molecule has 0 atom stereocenters. The summed E-state index contributed by atoms with van der Waals surface area (Å²) in [5.74, 6) is 0.301. The molecule has 0 aliphatic carbocycles. The van der Waals surface area contributed by atoms with Crippen molar-refractivity contribution in [2.75, 3.05) is 0 Å². The van der Waals surface area contributed by atoms with Crippen LogP contribution in [0, 0.1) is 12.7 Å². The predicted octanol–water partition coefficient (Wildman–Crippen LogP) is 6.88. The lowest BCUT2D eigenvalue weighted by molar-refractivity contribution is -0.122. The van der Waals surface area contributed by atoms with Crippen LogP contribution in [0.15, 0.2) is 76.1 Å². The molecule has 1 aliphatic rings. The van der Waals surface area contributed by atoms with E-state index in [2.05, 4.69) is 15.9 Å². The van der Waals surface area contributed by atoms with E-state index >= 15 is 0 Å². The molecule has 1 fully saturated rings. The van der Waals surface area contributed by atoms with Crippen LogP contribution in [0.1, 0.15) is 22.3 Å². The van der Waals surface area contributed by atoms with E-state index in [0.29, 0.717) is 28.1 Å². The number of benzene rings is 3. The van der Waals surface area contributed by atoms with Crippen molar-refractivity contribution >= 4 is 56.2 Å². The third-order valence-corrected chi connectivity index (χ3v) is 6.89. The van der Waals surface area contributed by atoms with Crippen molar-refractivity contribution in [3.63, 3.8) is 0 Å². The molecular weight excluding hydrogens is 509 g/mol. The molecule has 32 heavy (non-hydrogen) atoms. The summed E-state index contributed by atoms with van der Waals surface area (Å²) >= 11 is 10.3. The van der Waals surface area contributed by atoms with Crippen LogP contribution in [-0.2, 0) is 17.9 Å². The zero-order chi connectivity index (χ0) is 22.7. The molecule has 0 N–H and O–H groups in total. The highest BCUT2D eigenvalue weighted by atomic mass is 79.9. The van der Waals surface area contributed by atoms with Crippen LogP contribution in [0.5, 0.6) is 5.75 Å². The highest BCUT2D eigenvalue weighted by Crippen LogP contribution is 2.35. The van der Waals surface area contributed by atoms with E-state index in [-0.39, 0.29) is 11.7 Å². The number of thiocarbonyl (C=S) groups is 1.